The molecule has 1 unspecified atom stereocenters. The maximum absolute atomic E-state index is 14.7. The second-order valence-corrected chi connectivity index (χ2v) is 7.81. The number of halogens is 3. The van der Waals surface area contributed by atoms with Gasteiger partial charge >= 0.3 is 0 Å². The Kier molecular flexibility index (Phi) is 6.09. The molecule has 32 heavy (non-hydrogen) atoms. The number of rotatable bonds is 5. The van der Waals surface area contributed by atoms with Crippen molar-refractivity contribution in [2.24, 2.45) is 5.10 Å². The summed E-state index contributed by atoms with van der Waals surface area (Å²) in [6.07, 6.45) is 0. The molecule has 9 heteroatoms. The Morgan fingerprint density at radius 3 is 2.25 bits per heavy atom. The maximum atomic E-state index is 14.7. The van der Waals surface area contributed by atoms with Gasteiger partial charge in [-0.3, -0.25) is 4.79 Å². The van der Waals surface area contributed by atoms with Gasteiger partial charge in [0.05, 0.1) is 14.2 Å². The van der Waals surface area contributed by atoms with E-state index in [-0.39, 0.29) is 5.75 Å². The highest BCUT2D eigenvalue weighted by Crippen LogP contribution is 2.45. The topological polar surface area (TPSA) is 51.1 Å². The number of benzene rings is 3. The van der Waals surface area contributed by atoms with Crippen molar-refractivity contribution < 1.29 is 27.4 Å². The van der Waals surface area contributed by atoms with Crippen molar-refractivity contribution in [1.29, 1.82) is 0 Å². The molecule has 3 aromatic rings. The van der Waals surface area contributed by atoms with Crippen LogP contribution < -0.4 is 9.47 Å². The van der Waals surface area contributed by atoms with Gasteiger partial charge in [-0.1, -0.05) is 30.0 Å². The Morgan fingerprint density at radius 1 is 0.969 bits per heavy atom. The number of amides is 1. The third kappa shape index (κ3) is 4.03. The van der Waals surface area contributed by atoms with E-state index in [0.717, 1.165) is 17.1 Å². The minimum Gasteiger partial charge on any atom is -0.497 e. The lowest BCUT2D eigenvalue weighted by atomic mass is 10.1. The molecular formula is C23H17F3N2O3S. The summed E-state index contributed by atoms with van der Waals surface area (Å²) in [5.74, 6) is -3.10. The average molecular weight is 458 g/mol. The minimum atomic E-state index is -1.07. The van der Waals surface area contributed by atoms with Crippen LogP contribution in [0.25, 0.3) is 0 Å². The van der Waals surface area contributed by atoms with E-state index >= 15 is 0 Å². The van der Waals surface area contributed by atoms with Crippen LogP contribution in [0.3, 0.4) is 0 Å². The Morgan fingerprint density at radius 2 is 1.62 bits per heavy atom. The Balaban J connectivity index is 1.81. The molecule has 0 spiro atoms. The predicted octanol–water partition coefficient (Wildman–Crippen LogP) is 5.37. The number of thioether (sulfide) groups is 1. The van der Waals surface area contributed by atoms with Gasteiger partial charge in [0.15, 0.2) is 0 Å². The van der Waals surface area contributed by atoms with E-state index in [1.165, 1.54) is 50.2 Å². The zero-order valence-corrected chi connectivity index (χ0v) is 17.8. The number of hydrogen-bond acceptors (Lipinski definition) is 5. The highest BCUT2D eigenvalue weighted by molar-refractivity contribution is 8.14. The molecule has 0 saturated carbocycles. The fraction of sp³-hybridized carbons (Fsp3) is 0.130. The molecule has 1 heterocycles. The fourth-order valence-electron chi connectivity index (χ4n) is 3.25. The van der Waals surface area contributed by atoms with Gasteiger partial charge in [-0.05, 0) is 30.3 Å². The third-order valence-electron chi connectivity index (χ3n) is 4.81. The van der Waals surface area contributed by atoms with Crippen LogP contribution in [-0.2, 0) is 0 Å². The molecular weight excluding hydrogens is 441 g/mol. The van der Waals surface area contributed by atoms with E-state index < -0.39 is 34.3 Å². The lowest BCUT2D eigenvalue weighted by molar-refractivity contribution is 0.0738. The number of hydrogen-bond donors (Lipinski definition) is 0. The van der Waals surface area contributed by atoms with E-state index in [1.807, 2.05) is 0 Å². The van der Waals surface area contributed by atoms with Gasteiger partial charge in [-0.15, -0.1) is 0 Å². The quantitative estimate of drug-likeness (QED) is 0.516. The van der Waals surface area contributed by atoms with Gasteiger partial charge < -0.3 is 9.47 Å². The smallest absolute Gasteiger partial charge is 0.281 e. The first-order chi connectivity index (χ1) is 15.4. The highest BCUT2D eigenvalue weighted by atomic mass is 32.2. The van der Waals surface area contributed by atoms with Gasteiger partial charge in [0.25, 0.3) is 5.91 Å². The Hall–Kier alpha value is -3.46. The minimum absolute atomic E-state index is 0.0517. The molecule has 1 amide bonds. The molecule has 0 saturated heterocycles. The normalized spacial score (nSPS) is 15.5. The molecule has 1 aliphatic rings. The van der Waals surface area contributed by atoms with Crippen LogP contribution in [0, 0.1) is 17.5 Å². The number of methoxy groups -OCH3 is 2. The Bertz CT molecular complexity index is 1180. The zero-order valence-electron chi connectivity index (χ0n) is 17.0. The van der Waals surface area contributed by atoms with Crippen LogP contribution in [0.1, 0.15) is 26.9 Å². The summed E-state index contributed by atoms with van der Waals surface area (Å²) >= 11 is 1.19. The summed E-state index contributed by atoms with van der Waals surface area (Å²) in [5, 5.41) is 4.98. The second kappa shape index (κ2) is 8.96. The molecule has 164 valence electrons. The largest absolute Gasteiger partial charge is 0.497 e. The first-order valence-corrected chi connectivity index (χ1v) is 10.3. The molecule has 4 rings (SSSR count). The number of carbonyl (C=O) groups is 1. The summed E-state index contributed by atoms with van der Waals surface area (Å²) < 4.78 is 52.9. The molecule has 1 atom stereocenters. The van der Waals surface area contributed by atoms with Crippen molar-refractivity contribution in [1.82, 2.24) is 5.01 Å². The summed E-state index contributed by atoms with van der Waals surface area (Å²) in [4.78, 5) is 13.3. The van der Waals surface area contributed by atoms with Gasteiger partial charge in [0.2, 0.25) is 0 Å². The van der Waals surface area contributed by atoms with Gasteiger partial charge in [0.1, 0.15) is 44.9 Å². The van der Waals surface area contributed by atoms with E-state index in [0.29, 0.717) is 21.9 Å². The summed E-state index contributed by atoms with van der Waals surface area (Å²) in [6, 6.07) is 14.4. The second-order valence-electron chi connectivity index (χ2n) is 6.74. The molecule has 0 N–H and O–H groups in total. The van der Waals surface area contributed by atoms with Gasteiger partial charge in [-0.2, -0.15) is 5.10 Å². The standard InChI is InChI=1S/C23H17F3N2O3S/c1-30-15-11-17(25)20(18(26)12-15)22(29)28-23(16-5-3-4-6-19(16)31-2)32-21(27-28)13-7-9-14(24)10-8-13/h3-12,23H,1-2H3. The van der Waals surface area contributed by atoms with E-state index in [2.05, 4.69) is 5.10 Å². The monoisotopic (exact) mass is 458 g/mol. The van der Waals surface area contributed by atoms with Crippen LogP contribution in [0.15, 0.2) is 65.8 Å². The van der Waals surface area contributed by atoms with Crippen LogP contribution in [-0.4, -0.2) is 30.2 Å². The first-order valence-electron chi connectivity index (χ1n) is 9.43. The molecule has 0 fully saturated rings. The van der Waals surface area contributed by atoms with Crippen molar-refractivity contribution in [3.8, 4) is 11.5 Å². The molecule has 3 aromatic carbocycles. The number of hydrazone groups is 1. The van der Waals surface area contributed by atoms with E-state index in [9.17, 15) is 18.0 Å². The number of ether oxygens (including phenoxy) is 2. The average Bonchev–Trinajstić information content (AvgIpc) is 3.24. The van der Waals surface area contributed by atoms with Crippen LogP contribution in [0.4, 0.5) is 13.2 Å². The molecule has 0 aliphatic carbocycles. The summed E-state index contributed by atoms with van der Waals surface area (Å²) in [6.45, 7) is 0. The predicted molar refractivity (Wildman–Crippen MR) is 115 cm³/mol. The Labute approximate surface area is 186 Å². The first kappa shape index (κ1) is 21.8. The zero-order chi connectivity index (χ0) is 22.8. The third-order valence-corrected chi connectivity index (χ3v) is 6.03. The maximum Gasteiger partial charge on any atom is 0.281 e. The lowest BCUT2D eigenvalue weighted by Crippen LogP contribution is -2.28. The molecule has 1 aliphatic heterocycles. The van der Waals surface area contributed by atoms with E-state index in [4.69, 9.17) is 9.47 Å². The highest BCUT2D eigenvalue weighted by Gasteiger charge is 2.38. The van der Waals surface area contributed by atoms with Crippen LogP contribution in [0.2, 0.25) is 0 Å². The van der Waals surface area contributed by atoms with Crippen LogP contribution in [0.5, 0.6) is 11.5 Å². The number of nitrogens with zero attached hydrogens (tertiary/aromatic N) is 2. The number of carbonyl (C=O) groups excluding carboxylic acids is 1. The van der Waals surface area contributed by atoms with E-state index in [1.54, 1.807) is 24.3 Å². The van der Waals surface area contributed by atoms with Crippen molar-refractivity contribution in [3.05, 3.63) is 94.8 Å². The van der Waals surface area contributed by atoms with Crippen molar-refractivity contribution in [2.75, 3.05) is 14.2 Å². The van der Waals surface area contributed by atoms with Crippen LogP contribution >= 0.6 is 11.8 Å². The lowest BCUT2D eigenvalue weighted by Gasteiger charge is -2.23. The van der Waals surface area contributed by atoms with Crippen molar-refractivity contribution in [2.45, 2.75) is 5.37 Å². The molecule has 5 nitrogen and oxygen atoms in total. The summed E-state index contributed by atoms with van der Waals surface area (Å²) in [7, 11) is 2.75. The SMILES string of the molecule is COc1cc(F)c(C(=O)N2N=C(c3ccc(F)cc3)SC2c2ccccc2OC)c(F)c1. The molecule has 0 aromatic heterocycles. The fourth-order valence-corrected chi connectivity index (χ4v) is 4.44. The van der Waals surface area contributed by atoms with Gasteiger partial charge in [0, 0.05) is 23.3 Å². The number of para-hydroxylation sites is 1. The molecule has 0 bridgehead atoms. The molecule has 0 radical (unpaired) electrons. The van der Waals surface area contributed by atoms with Gasteiger partial charge in [-0.25, -0.2) is 18.2 Å². The summed E-state index contributed by atoms with van der Waals surface area (Å²) in [5.41, 5.74) is 0.390. The van der Waals surface area contributed by atoms with Crippen molar-refractivity contribution >= 4 is 22.7 Å². The van der Waals surface area contributed by atoms with Crippen molar-refractivity contribution in [3.63, 3.8) is 0 Å².